The summed E-state index contributed by atoms with van der Waals surface area (Å²) in [6.45, 7) is 6.07. The van der Waals surface area contributed by atoms with Crippen LogP contribution in [0.1, 0.15) is 36.7 Å². The highest BCUT2D eigenvalue weighted by atomic mass is 32.2. The molecule has 2 unspecified atom stereocenters. The minimum atomic E-state index is -1.48. The van der Waals surface area contributed by atoms with Gasteiger partial charge in [-0.25, -0.2) is 19.2 Å². The van der Waals surface area contributed by atoms with Gasteiger partial charge in [0, 0.05) is 30.9 Å². The van der Waals surface area contributed by atoms with E-state index in [2.05, 4.69) is 35.0 Å². The first-order valence-electron chi connectivity index (χ1n) is 10.8. The highest BCUT2D eigenvalue weighted by Gasteiger charge is 2.21. The molecule has 4 aromatic rings. The lowest BCUT2D eigenvalue weighted by Gasteiger charge is -2.13. The van der Waals surface area contributed by atoms with Gasteiger partial charge in [0.05, 0.1) is 24.6 Å². The molecule has 0 aliphatic carbocycles. The van der Waals surface area contributed by atoms with Crippen LogP contribution in [0.25, 0.3) is 11.5 Å². The summed E-state index contributed by atoms with van der Waals surface area (Å²) in [5, 5.41) is 12.3. The van der Waals surface area contributed by atoms with Crippen LogP contribution in [0.4, 0.5) is 5.95 Å². The van der Waals surface area contributed by atoms with Crippen LogP contribution in [-0.2, 0) is 30.4 Å². The van der Waals surface area contributed by atoms with Gasteiger partial charge in [0.15, 0.2) is 11.6 Å². The Hall–Kier alpha value is -3.67. The van der Waals surface area contributed by atoms with Gasteiger partial charge in [-0.1, -0.05) is 18.1 Å². The summed E-state index contributed by atoms with van der Waals surface area (Å²) in [6.07, 6.45) is 4.69. The van der Waals surface area contributed by atoms with Crippen molar-refractivity contribution in [1.29, 1.82) is 0 Å². The maximum Gasteiger partial charge on any atom is 0.237 e. The summed E-state index contributed by atoms with van der Waals surface area (Å²) in [6, 6.07) is 7.25. The van der Waals surface area contributed by atoms with Gasteiger partial charge in [0.25, 0.3) is 0 Å². The Bertz CT molecular complexity index is 1270. The molecule has 178 valence electrons. The number of ether oxygens (including phenoxy) is 1. The van der Waals surface area contributed by atoms with Crippen LogP contribution in [0.15, 0.2) is 41.2 Å². The predicted octanol–water partition coefficient (Wildman–Crippen LogP) is 2.75. The van der Waals surface area contributed by atoms with Crippen LogP contribution < -0.4 is 9.46 Å². The minimum absolute atomic E-state index is 0.275. The number of nitrogens with zero attached hydrogens (tertiary/aromatic N) is 7. The Kier molecular flexibility index (Phi) is 7.26. The molecule has 4 heterocycles. The molecule has 0 aliphatic rings. The highest BCUT2D eigenvalue weighted by molar-refractivity contribution is 7.86. The van der Waals surface area contributed by atoms with Gasteiger partial charge in [-0.15, -0.1) is 10.2 Å². The van der Waals surface area contributed by atoms with E-state index in [9.17, 15) is 4.21 Å². The first-order chi connectivity index (χ1) is 16.5. The Morgan fingerprint density at radius 2 is 2.03 bits per heavy atom. The first kappa shape index (κ1) is 23.5. The summed E-state index contributed by atoms with van der Waals surface area (Å²) < 4.78 is 28.5. The standard InChI is InChI=1S/C22H26N8O3S/c1-5-16-10-17(33-28-16)13-30-21(18-7-6-8-20(25-18)32-4)26-27-22(30)29-34(31)15(3)9-19-23-11-14(2)12-24-19/h6-8,10-12,15H,5,9,13H2,1-4H3,(H,27,29). The summed E-state index contributed by atoms with van der Waals surface area (Å²) in [7, 11) is 0.0685. The Balaban J connectivity index is 1.60. The van der Waals surface area contributed by atoms with Gasteiger partial charge in [-0.2, -0.15) is 0 Å². The van der Waals surface area contributed by atoms with Crippen molar-refractivity contribution < 1.29 is 13.5 Å². The lowest BCUT2D eigenvalue weighted by Crippen LogP contribution is -2.23. The van der Waals surface area contributed by atoms with Gasteiger partial charge in [-0.05, 0) is 31.9 Å². The largest absolute Gasteiger partial charge is 0.481 e. The van der Waals surface area contributed by atoms with E-state index < -0.39 is 11.0 Å². The zero-order valence-corrected chi connectivity index (χ0v) is 20.2. The van der Waals surface area contributed by atoms with Gasteiger partial charge in [0.2, 0.25) is 11.8 Å². The van der Waals surface area contributed by atoms with E-state index in [0.29, 0.717) is 41.4 Å². The number of hydrogen-bond donors (Lipinski definition) is 1. The van der Waals surface area contributed by atoms with E-state index in [0.717, 1.165) is 17.7 Å². The molecule has 0 bridgehead atoms. The highest BCUT2D eigenvalue weighted by Crippen LogP contribution is 2.23. The molecule has 0 saturated carbocycles. The third kappa shape index (κ3) is 5.45. The van der Waals surface area contributed by atoms with Gasteiger partial charge >= 0.3 is 0 Å². The quantitative estimate of drug-likeness (QED) is 0.362. The maximum atomic E-state index is 13.1. The number of nitrogens with one attached hydrogen (secondary N) is 1. The molecule has 4 aromatic heterocycles. The van der Waals surface area contributed by atoms with E-state index in [4.69, 9.17) is 9.26 Å². The lowest BCUT2D eigenvalue weighted by atomic mass is 10.3. The smallest absolute Gasteiger partial charge is 0.237 e. The van der Waals surface area contributed by atoms with Crippen LogP contribution in [0, 0.1) is 6.92 Å². The van der Waals surface area contributed by atoms with E-state index in [1.54, 1.807) is 36.2 Å². The molecule has 11 nitrogen and oxygen atoms in total. The SMILES string of the molecule is CCc1cc(Cn2c(NS(=O)C(C)Cc3ncc(C)cn3)nnc2-c2cccc(OC)n2)on1. The zero-order chi connectivity index (χ0) is 24.1. The molecule has 1 N–H and O–H groups in total. The topological polar surface area (TPSA) is 134 Å². The fraction of sp³-hybridized carbons (Fsp3) is 0.364. The second-order valence-corrected chi connectivity index (χ2v) is 9.33. The van der Waals surface area contributed by atoms with Crippen LogP contribution >= 0.6 is 0 Å². The second-order valence-electron chi connectivity index (χ2n) is 7.73. The Labute approximate surface area is 199 Å². The molecule has 0 aromatic carbocycles. The van der Waals surface area contributed by atoms with Gasteiger partial charge in [0.1, 0.15) is 22.5 Å². The second kappa shape index (κ2) is 10.5. The summed E-state index contributed by atoms with van der Waals surface area (Å²) >= 11 is 0. The van der Waals surface area contributed by atoms with Crippen molar-refractivity contribution >= 4 is 16.9 Å². The molecule has 4 rings (SSSR count). The molecule has 0 radical (unpaired) electrons. The number of hydrogen-bond acceptors (Lipinski definition) is 9. The Morgan fingerprint density at radius 1 is 1.24 bits per heavy atom. The molecular weight excluding hydrogens is 456 g/mol. The normalized spacial score (nSPS) is 12.9. The summed E-state index contributed by atoms with van der Waals surface area (Å²) in [5.41, 5.74) is 2.37. The van der Waals surface area contributed by atoms with Crippen LogP contribution in [0.3, 0.4) is 0 Å². The van der Waals surface area contributed by atoms with E-state index in [-0.39, 0.29) is 11.8 Å². The van der Waals surface area contributed by atoms with Crippen molar-refractivity contribution in [1.82, 2.24) is 34.9 Å². The third-order valence-electron chi connectivity index (χ3n) is 5.06. The fourth-order valence-electron chi connectivity index (χ4n) is 3.17. The molecule has 0 spiro atoms. The average Bonchev–Trinajstić information content (AvgIpc) is 3.47. The van der Waals surface area contributed by atoms with Crippen LogP contribution in [0.2, 0.25) is 0 Å². The molecule has 0 aliphatic heterocycles. The van der Waals surface area contributed by atoms with E-state index in [1.807, 2.05) is 32.9 Å². The Morgan fingerprint density at radius 3 is 2.74 bits per heavy atom. The maximum absolute atomic E-state index is 13.1. The molecule has 34 heavy (non-hydrogen) atoms. The van der Waals surface area contributed by atoms with Crippen molar-refractivity contribution in [2.75, 3.05) is 11.8 Å². The van der Waals surface area contributed by atoms with E-state index in [1.165, 1.54) is 0 Å². The van der Waals surface area contributed by atoms with Crippen molar-refractivity contribution in [3.05, 3.63) is 59.5 Å². The molecule has 0 saturated heterocycles. The van der Waals surface area contributed by atoms with Crippen LogP contribution in [0.5, 0.6) is 5.88 Å². The number of methoxy groups -OCH3 is 1. The summed E-state index contributed by atoms with van der Waals surface area (Å²) in [5.74, 6) is 2.50. The van der Waals surface area contributed by atoms with Crippen LogP contribution in [-0.4, -0.2) is 51.4 Å². The lowest BCUT2D eigenvalue weighted by molar-refractivity contribution is 0.372. The number of aryl methyl sites for hydroxylation is 2. The molecule has 0 fully saturated rings. The first-order valence-corrected chi connectivity index (χ1v) is 12.0. The van der Waals surface area contributed by atoms with E-state index >= 15 is 0 Å². The fourth-order valence-corrected chi connectivity index (χ4v) is 4.00. The third-order valence-corrected chi connectivity index (χ3v) is 6.34. The monoisotopic (exact) mass is 482 g/mol. The van der Waals surface area contributed by atoms with Gasteiger partial charge < -0.3 is 9.26 Å². The number of pyridine rings is 1. The zero-order valence-electron chi connectivity index (χ0n) is 19.4. The molecule has 2 atom stereocenters. The van der Waals surface area contributed by atoms with Crippen molar-refractivity contribution in [3.63, 3.8) is 0 Å². The number of rotatable bonds is 10. The predicted molar refractivity (Wildman–Crippen MR) is 126 cm³/mol. The molecule has 12 heteroatoms. The van der Waals surface area contributed by atoms with Gasteiger partial charge in [-0.3, -0.25) is 9.29 Å². The van der Waals surface area contributed by atoms with Crippen molar-refractivity contribution in [2.24, 2.45) is 0 Å². The molecule has 0 amide bonds. The van der Waals surface area contributed by atoms with Crippen molar-refractivity contribution in [2.45, 2.75) is 45.4 Å². The van der Waals surface area contributed by atoms with Crippen molar-refractivity contribution in [3.8, 4) is 17.4 Å². The summed E-state index contributed by atoms with van der Waals surface area (Å²) in [4.78, 5) is 13.1. The minimum Gasteiger partial charge on any atom is -0.481 e. The number of anilines is 1. The number of aromatic nitrogens is 7. The average molecular weight is 483 g/mol. The molecular formula is C22H26N8O3S.